The van der Waals surface area contributed by atoms with Crippen molar-refractivity contribution in [3.05, 3.63) is 77.8 Å². The third-order valence-corrected chi connectivity index (χ3v) is 4.32. The van der Waals surface area contributed by atoms with E-state index in [2.05, 4.69) is 0 Å². The fourth-order valence-electron chi connectivity index (χ4n) is 2.27. The maximum Gasteiger partial charge on any atom is 0.294 e. The molecule has 1 aromatic heterocycles. The molecule has 24 heavy (non-hydrogen) atoms. The molecule has 2 aromatic carbocycles. The Kier molecular flexibility index (Phi) is 3.66. The van der Waals surface area contributed by atoms with E-state index in [-0.39, 0.29) is 14.9 Å². The van der Waals surface area contributed by atoms with Crippen LogP contribution in [0.2, 0.25) is 0 Å². The minimum absolute atomic E-state index is 0.0622. The Bertz CT molecular complexity index is 1100. The SMILES string of the molecule is N=c1sc2c([N+](=O)[O-])cc([N+](=O)[O-])cc2c(=O)n1-c1ccccc1. The van der Waals surface area contributed by atoms with Crippen molar-refractivity contribution in [3.8, 4) is 5.69 Å². The number of para-hydroxylation sites is 1. The minimum atomic E-state index is -0.794. The number of non-ortho nitro benzene ring substituents is 2. The van der Waals surface area contributed by atoms with Crippen LogP contribution in [0.15, 0.2) is 47.3 Å². The van der Waals surface area contributed by atoms with Gasteiger partial charge in [-0.1, -0.05) is 29.5 Å². The molecule has 10 heteroatoms. The van der Waals surface area contributed by atoms with Gasteiger partial charge in [0.15, 0.2) is 4.80 Å². The molecule has 3 aromatic rings. The highest BCUT2D eigenvalue weighted by Gasteiger charge is 2.23. The van der Waals surface area contributed by atoms with Gasteiger partial charge in [-0.15, -0.1) is 0 Å². The molecule has 0 unspecified atom stereocenters. The van der Waals surface area contributed by atoms with E-state index in [0.29, 0.717) is 5.69 Å². The topological polar surface area (TPSA) is 132 Å². The Balaban J connectivity index is 2.49. The molecule has 1 N–H and O–H groups in total. The Morgan fingerprint density at radius 1 is 1.04 bits per heavy atom. The molecule has 0 amide bonds. The van der Waals surface area contributed by atoms with Crippen molar-refractivity contribution in [1.29, 1.82) is 5.41 Å². The molecule has 0 fully saturated rings. The zero-order valence-electron chi connectivity index (χ0n) is 11.8. The fraction of sp³-hybridized carbons (Fsp3) is 0. The average Bonchev–Trinajstić information content (AvgIpc) is 2.54. The number of hydrogen-bond acceptors (Lipinski definition) is 7. The molecule has 0 atom stereocenters. The quantitative estimate of drug-likeness (QED) is 0.575. The number of nitrogens with one attached hydrogen (secondary N) is 1. The molecular formula is C14H8N4O5S. The van der Waals surface area contributed by atoms with Crippen LogP contribution in [0.1, 0.15) is 0 Å². The van der Waals surface area contributed by atoms with E-state index in [1.165, 1.54) is 0 Å². The number of hydrogen-bond donors (Lipinski definition) is 1. The number of nitrogens with zero attached hydrogens (tertiary/aromatic N) is 3. The largest absolute Gasteiger partial charge is 0.294 e. The highest BCUT2D eigenvalue weighted by atomic mass is 32.1. The van der Waals surface area contributed by atoms with Crippen LogP contribution in [-0.4, -0.2) is 14.4 Å². The summed E-state index contributed by atoms with van der Waals surface area (Å²) in [6.07, 6.45) is 0. The van der Waals surface area contributed by atoms with Crippen LogP contribution >= 0.6 is 11.3 Å². The average molecular weight is 344 g/mol. The third kappa shape index (κ3) is 2.44. The summed E-state index contributed by atoms with van der Waals surface area (Å²) in [6, 6.07) is 10.1. The smallest absolute Gasteiger partial charge is 0.275 e. The van der Waals surface area contributed by atoms with Crippen LogP contribution in [0, 0.1) is 25.6 Å². The number of rotatable bonds is 3. The summed E-state index contributed by atoms with van der Waals surface area (Å²) >= 11 is 0.718. The van der Waals surface area contributed by atoms with Crippen LogP contribution < -0.4 is 10.4 Å². The van der Waals surface area contributed by atoms with Crippen LogP contribution in [0.25, 0.3) is 15.8 Å². The van der Waals surface area contributed by atoms with Gasteiger partial charge in [0.25, 0.3) is 16.9 Å². The van der Waals surface area contributed by atoms with Gasteiger partial charge in [0.05, 0.1) is 27.0 Å². The summed E-state index contributed by atoms with van der Waals surface area (Å²) < 4.78 is 0.994. The maximum absolute atomic E-state index is 12.7. The molecule has 0 saturated carbocycles. The second-order valence-electron chi connectivity index (χ2n) is 4.74. The molecule has 0 bridgehead atoms. The number of nitro benzene ring substituents is 2. The zero-order chi connectivity index (χ0) is 17.4. The van der Waals surface area contributed by atoms with Gasteiger partial charge in [-0.3, -0.25) is 35.0 Å². The zero-order valence-corrected chi connectivity index (χ0v) is 12.6. The first-order valence-corrected chi connectivity index (χ1v) is 7.34. The third-order valence-electron chi connectivity index (χ3n) is 3.31. The predicted octanol–water partition coefficient (Wildman–Crippen LogP) is 2.35. The van der Waals surface area contributed by atoms with Gasteiger partial charge >= 0.3 is 0 Å². The lowest BCUT2D eigenvalue weighted by molar-refractivity contribution is -0.392. The van der Waals surface area contributed by atoms with E-state index in [1.54, 1.807) is 30.3 Å². The standard InChI is InChI=1S/C14H8N4O5S/c15-14-16(8-4-2-1-3-5-8)13(19)10-6-9(17(20)21)7-11(18(22)23)12(10)24-14/h1-7,15H. The lowest BCUT2D eigenvalue weighted by Gasteiger charge is -2.07. The molecule has 0 radical (unpaired) electrons. The first-order chi connectivity index (χ1) is 11.4. The van der Waals surface area contributed by atoms with E-state index in [9.17, 15) is 25.0 Å². The Labute approximate surface area is 136 Å². The predicted molar refractivity (Wildman–Crippen MR) is 86.6 cm³/mol. The van der Waals surface area contributed by atoms with Crippen LogP contribution in [0.5, 0.6) is 0 Å². The fourth-order valence-corrected chi connectivity index (χ4v) is 3.24. The number of benzene rings is 2. The minimum Gasteiger partial charge on any atom is -0.275 e. The van der Waals surface area contributed by atoms with Gasteiger partial charge in [0, 0.05) is 6.07 Å². The van der Waals surface area contributed by atoms with Crippen LogP contribution in [-0.2, 0) is 0 Å². The first kappa shape index (κ1) is 15.5. The maximum atomic E-state index is 12.7. The highest BCUT2D eigenvalue weighted by molar-refractivity contribution is 7.16. The second-order valence-corrected chi connectivity index (χ2v) is 5.74. The van der Waals surface area contributed by atoms with Crippen molar-refractivity contribution >= 4 is 32.8 Å². The molecule has 9 nitrogen and oxygen atoms in total. The van der Waals surface area contributed by atoms with E-state index in [0.717, 1.165) is 28.0 Å². The van der Waals surface area contributed by atoms with Crippen molar-refractivity contribution in [2.75, 3.05) is 0 Å². The first-order valence-electron chi connectivity index (χ1n) is 6.53. The Morgan fingerprint density at radius 3 is 2.29 bits per heavy atom. The highest BCUT2D eigenvalue weighted by Crippen LogP contribution is 2.30. The van der Waals surface area contributed by atoms with Crippen molar-refractivity contribution in [3.63, 3.8) is 0 Å². The summed E-state index contributed by atoms with van der Waals surface area (Å²) in [5.41, 5.74) is -1.42. The lowest BCUT2D eigenvalue weighted by Crippen LogP contribution is -2.29. The monoisotopic (exact) mass is 344 g/mol. The van der Waals surface area contributed by atoms with Crippen molar-refractivity contribution in [1.82, 2.24) is 4.57 Å². The van der Waals surface area contributed by atoms with Crippen molar-refractivity contribution in [2.45, 2.75) is 0 Å². The van der Waals surface area contributed by atoms with E-state index in [4.69, 9.17) is 5.41 Å². The summed E-state index contributed by atoms with van der Waals surface area (Å²) in [6.45, 7) is 0. The Hall–Kier alpha value is -3.40. The lowest BCUT2D eigenvalue weighted by atomic mass is 10.2. The summed E-state index contributed by atoms with van der Waals surface area (Å²) in [7, 11) is 0. The number of nitro groups is 2. The van der Waals surface area contributed by atoms with E-state index >= 15 is 0 Å². The van der Waals surface area contributed by atoms with Gasteiger partial charge in [-0.2, -0.15) is 0 Å². The molecule has 120 valence electrons. The molecule has 0 aliphatic carbocycles. The summed E-state index contributed by atoms with van der Waals surface area (Å²) in [5, 5.41) is 30.0. The van der Waals surface area contributed by atoms with Gasteiger partial charge in [-0.25, -0.2) is 0 Å². The van der Waals surface area contributed by atoms with Crippen molar-refractivity contribution < 1.29 is 9.85 Å². The second kappa shape index (κ2) is 5.66. The van der Waals surface area contributed by atoms with E-state index in [1.807, 2.05) is 0 Å². The molecule has 3 rings (SSSR count). The van der Waals surface area contributed by atoms with Gasteiger partial charge in [0.1, 0.15) is 4.70 Å². The van der Waals surface area contributed by atoms with Gasteiger partial charge in [0.2, 0.25) is 0 Å². The molecule has 0 saturated heterocycles. The molecule has 1 heterocycles. The normalized spacial score (nSPS) is 10.7. The van der Waals surface area contributed by atoms with Gasteiger partial charge < -0.3 is 0 Å². The molecule has 0 aliphatic heterocycles. The summed E-state index contributed by atoms with van der Waals surface area (Å²) in [4.78, 5) is 33.1. The summed E-state index contributed by atoms with van der Waals surface area (Å²) in [5.74, 6) is 0. The van der Waals surface area contributed by atoms with E-state index < -0.39 is 26.8 Å². The Morgan fingerprint density at radius 2 is 1.71 bits per heavy atom. The molecule has 0 aliphatic rings. The molecular weight excluding hydrogens is 336 g/mol. The van der Waals surface area contributed by atoms with Crippen molar-refractivity contribution in [2.24, 2.45) is 0 Å². The van der Waals surface area contributed by atoms with Gasteiger partial charge in [-0.05, 0) is 12.1 Å². The number of fused-ring (bicyclic) bond motifs is 1. The van der Waals surface area contributed by atoms with Crippen LogP contribution in [0.4, 0.5) is 11.4 Å². The number of aromatic nitrogens is 1. The van der Waals surface area contributed by atoms with Crippen LogP contribution in [0.3, 0.4) is 0 Å². The molecule has 0 spiro atoms.